The predicted octanol–water partition coefficient (Wildman–Crippen LogP) is 1.36. The normalized spacial score (nSPS) is 28.4. The van der Waals surface area contributed by atoms with Gasteiger partial charge in [0.1, 0.15) is 0 Å². The Morgan fingerprint density at radius 1 is 1.33 bits per heavy atom. The standard InChI is InChI=1S/C13H24N2O2S/c1-2-14-5-3-11(4-6-14)15-7-8-18-10-12(15)9-13(16)17/h11-12H,2-10H2,1H3,(H,16,17). The molecule has 0 aromatic carbocycles. The van der Waals surface area contributed by atoms with Crippen LogP contribution in [0.25, 0.3) is 0 Å². The van der Waals surface area contributed by atoms with Gasteiger partial charge in [-0.2, -0.15) is 11.8 Å². The second-order valence-electron chi connectivity index (χ2n) is 5.23. The second kappa shape index (κ2) is 6.78. The molecular weight excluding hydrogens is 248 g/mol. The van der Waals surface area contributed by atoms with Gasteiger partial charge in [-0.05, 0) is 32.5 Å². The minimum absolute atomic E-state index is 0.249. The first-order valence-corrected chi connectivity index (χ1v) is 8.13. The van der Waals surface area contributed by atoms with Gasteiger partial charge in [-0.1, -0.05) is 6.92 Å². The van der Waals surface area contributed by atoms with E-state index in [1.807, 2.05) is 11.8 Å². The van der Waals surface area contributed by atoms with Crippen LogP contribution < -0.4 is 0 Å². The average Bonchev–Trinajstić information content (AvgIpc) is 2.39. The number of carboxylic acids is 1. The molecule has 5 heteroatoms. The third-order valence-electron chi connectivity index (χ3n) is 4.16. The maximum absolute atomic E-state index is 11.0. The van der Waals surface area contributed by atoms with Crippen LogP contribution in [0.15, 0.2) is 0 Å². The molecule has 0 spiro atoms. The van der Waals surface area contributed by atoms with Crippen molar-refractivity contribution in [3.05, 3.63) is 0 Å². The van der Waals surface area contributed by atoms with Crippen molar-refractivity contribution in [2.45, 2.75) is 38.3 Å². The van der Waals surface area contributed by atoms with E-state index in [1.54, 1.807) is 0 Å². The Bertz CT molecular complexity index is 280. The summed E-state index contributed by atoms with van der Waals surface area (Å²) >= 11 is 1.90. The summed E-state index contributed by atoms with van der Waals surface area (Å²) in [5, 5.41) is 9.02. The quantitative estimate of drug-likeness (QED) is 0.837. The third kappa shape index (κ3) is 3.62. The first-order valence-electron chi connectivity index (χ1n) is 6.98. The van der Waals surface area contributed by atoms with Gasteiger partial charge in [-0.15, -0.1) is 0 Å². The fourth-order valence-electron chi connectivity index (χ4n) is 3.09. The fourth-order valence-corrected chi connectivity index (χ4v) is 4.18. The largest absolute Gasteiger partial charge is 0.481 e. The molecule has 104 valence electrons. The molecule has 0 aromatic rings. The molecule has 0 bridgehead atoms. The van der Waals surface area contributed by atoms with Crippen LogP contribution in [0.3, 0.4) is 0 Å². The molecule has 18 heavy (non-hydrogen) atoms. The van der Waals surface area contributed by atoms with E-state index in [1.165, 1.54) is 25.9 Å². The fraction of sp³-hybridized carbons (Fsp3) is 0.923. The summed E-state index contributed by atoms with van der Waals surface area (Å²) in [7, 11) is 0. The number of aliphatic carboxylic acids is 1. The molecule has 0 aromatic heterocycles. The van der Waals surface area contributed by atoms with Crippen LogP contribution in [0.1, 0.15) is 26.2 Å². The molecule has 1 N–H and O–H groups in total. The second-order valence-corrected chi connectivity index (χ2v) is 6.38. The van der Waals surface area contributed by atoms with Crippen LogP contribution in [0.4, 0.5) is 0 Å². The first kappa shape index (κ1) is 14.2. The first-order chi connectivity index (χ1) is 8.70. The summed E-state index contributed by atoms with van der Waals surface area (Å²) in [4.78, 5) is 15.9. The van der Waals surface area contributed by atoms with Crippen LogP contribution in [0.2, 0.25) is 0 Å². The predicted molar refractivity (Wildman–Crippen MR) is 75.2 cm³/mol. The number of carbonyl (C=O) groups is 1. The highest BCUT2D eigenvalue weighted by atomic mass is 32.2. The minimum Gasteiger partial charge on any atom is -0.481 e. The lowest BCUT2D eigenvalue weighted by Gasteiger charge is -2.44. The van der Waals surface area contributed by atoms with Crippen molar-refractivity contribution in [3.8, 4) is 0 Å². The molecule has 1 unspecified atom stereocenters. The van der Waals surface area contributed by atoms with Crippen LogP contribution in [-0.4, -0.2) is 70.6 Å². The SMILES string of the molecule is CCN1CCC(N2CCSCC2CC(=O)O)CC1. The van der Waals surface area contributed by atoms with Gasteiger partial charge in [0, 0.05) is 30.1 Å². The summed E-state index contributed by atoms with van der Waals surface area (Å²) in [6, 6.07) is 0.859. The molecule has 0 saturated carbocycles. The zero-order valence-electron chi connectivity index (χ0n) is 11.2. The summed E-state index contributed by atoms with van der Waals surface area (Å²) < 4.78 is 0. The summed E-state index contributed by atoms with van der Waals surface area (Å²) in [5.74, 6) is 1.49. The van der Waals surface area contributed by atoms with Gasteiger partial charge in [0.05, 0.1) is 6.42 Å². The van der Waals surface area contributed by atoms with Crippen molar-refractivity contribution >= 4 is 17.7 Å². The maximum atomic E-state index is 11.0. The number of piperidine rings is 1. The molecule has 2 heterocycles. The minimum atomic E-state index is -0.654. The molecule has 0 radical (unpaired) electrons. The van der Waals surface area contributed by atoms with Gasteiger partial charge in [0.2, 0.25) is 0 Å². The molecule has 2 rings (SSSR count). The number of hydrogen-bond donors (Lipinski definition) is 1. The highest BCUT2D eigenvalue weighted by Gasteiger charge is 2.32. The average molecular weight is 272 g/mol. The number of likely N-dealkylation sites (tertiary alicyclic amines) is 1. The van der Waals surface area contributed by atoms with Crippen molar-refractivity contribution in [1.29, 1.82) is 0 Å². The summed E-state index contributed by atoms with van der Waals surface area (Å²) in [6.07, 6.45) is 2.71. The maximum Gasteiger partial charge on any atom is 0.304 e. The molecule has 4 nitrogen and oxygen atoms in total. The number of thioether (sulfide) groups is 1. The van der Waals surface area contributed by atoms with E-state index in [9.17, 15) is 4.79 Å². The van der Waals surface area contributed by atoms with Crippen molar-refractivity contribution in [1.82, 2.24) is 9.80 Å². The highest BCUT2D eigenvalue weighted by Crippen LogP contribution is 2.26. The smallest absolute Gasteiger partial charge is 0.304 e. The van der Waals surface area contributed by atoms with Crippen molar-refractivity contribution in [2.75, 3.05) is 37.7 Å². The van der Waals surface area contributed by atoms with E-state index in [-0.39, 0.29) is 6.04 Å². The highest BCUT2D eigenvalue weighted by molar-refractivity contribution is 7.99. The Morgan fingerprint density at radius 2 is 2.06 bits per heavy atom. The van der Waals surface area contributed by atoms with E-state index < -0.39 is 5.97 Å². The van der Waals surface area contributed by atoms with Crippen LogP contribution >= 0.6 is 11.8 Å². The van der Waals surface area contributed by atoms with Crippen LogP contribution in [0.5, 0.6) is 0 Å². The van der Waals surface area contributed by atoms with Gasteiger partial charge in [0.25, 0.3) is 0 Å². The molecule has 1 atom stereocenters. The van der Waals surface area contributed by atoms with E-state index in [0.29, 0.717) is 12.5 Å². The number of nitrogens with zero attached hydrogens (tertiary/aromatic N) is 2. The summed E-state index contributed by atoms with van der Waals surface area (Å²) in [5.41, 5.74) is 0. The van der Waals surface area contributed by atoms with Crippen molar-refractivity contribution in [3.63, 3.8) is 0 Å². The molecule has 0 aliphatic carbocycles. The molecule has 0 amide bonds. The Labute approximate surface area is 114 Å². The Balaban J connectivity index is 1.90. The number of hydrogen-bond acceptors (Lipinski definition) is 4. The monoisotopic (exact) mass is 272 g/mol. The van der Waals surface area contributed by atoms with Crippen LogP contribution in [0, 0.1) is 0 Å². The van der Waals surface area contributed by atoms with Crippen molar-refractivity contribution < 1.29 is 9.90 Å². The lowest BCUT2D eigenvalue weighted by molar-refractivity contribution is -0.138. The van der Waals surface area contributed by atoms with Gasteiger partial charge in [0.15, 0.2) is 0 Å². The van der Waals surface area contributed by atoms with Gasteiger partial charge >= 0.3 is 5.97 Å². The zero-order chi connectivity index (χ0) is 13.0. The van der Waals surface area contributed by atoms with Gasteiger partial charge in [-0.3, -0.25) is 9.69 Å². The Morgan fingerprint density at radius 3 is 2.67 bits per heavy atom. The van der Waals surface area contributed by atoms with Gasteiger partial charge < -0.3 is 10.0 Å². The Kier molecular flexibility index (Phi) is 5.33. The van der Waals surface area contributed by atoms with Crippen molar-refractivity contribution in [2.24, 2.45) is 0 Å². The topological polar surface area (TPSA) is 43.8 Å². The summed E-state index contributed by atoms with van der Waals surface area (Å²) in [6.45, 7) is 6.76. The van der Waals surface area contributed by atoms with Crippen LogP contribution in [-0.2, 0) is 4.79 Å². The van der Waals surface area contributed by atoms with Gasteiger partial charge in [-0.25, -0.2) is 0 Å². The van der Waals surface area contributed by atoms with E-state index >= 15 is 0 Å². The molecule has 2 saturated heterocycles. The molecule has 2 aliphatic rings. The number of rotatable bonds is 4. The van der Waals surface area contributed by atoms with E-state index in [0.717, 1.165) is 24.6 Å². The molecule has 2 fully saturated rings. The molecule has 2 aliphatic heterocycles. The third-order valence-corrected chi connectivity index (χ3v) is 5.25. The number of carboxylic acid groups (broad SMARTS) is 1. The zero-order valence-corrected chi connectivity index (χ0v) is 12.0. The Hall–Kier alpha value is -0.260. The molecular formula is C13H24N2O2S. The lowest BCUT2D eigenvalue weighted by atomic mass is 10.0. The van der Waals surface area contributed by atoms with E-state index in [2.05, 4.69) is 16.7 Å². The van der Waals surface area contributed by atoms with E-state index in [4.69, 9.17) is 5.11 Å². The lowest BCUT2D eigenvalue weighted by Crippen LogP contribution is -2.53.